The smallest absolute Gasteiger partial charge is 0.202 e. The topological polar surface area (TPSA) is 45.4 Å². The molecule has 0 saturated heterocycles. The van der Waals surface area contributed by atoms with Gasteiger partial charge in [0.05, 0.1) is 5.69 Å². The summed E-state index contributed by atoms with van der Waals surface area (Å²) in [5.41, 5.74) is 2.66. The molecule has 4 heteroatoms. The largest absolute Gasteiger partial charge is 0.494 e. The van der Waals surface area contributed by atoms with Crippen molar-refractivity contribution < 1.29 is 10.2 Å². The monoisotopic (exact) mass is 273 g/mol. The standard InChI is InChI=1S/C15H15NO2S/c17-14-12-8-5-6-9(7-8)13(12)15(18)16(14)10-3-1-2-4-11(10)19/h1-4,8-9,17-19H,5-7H2. The molecule has 98 valence electrons. The quantitative estimate of drug-likeness (QED) is 0.696. The van der Waals surface area contributed by atoms with Gasteiger partial charge in [-0.1, -0.05) is 12.1 Å². The van der Waals surface area contributed by atoms with Crippen LogP contribution in [0.3, 0.4) is 0 Å². The van der Waals surface area contributed by atoms with Gasteiger partial charge in [0.25, 0.3) is 0 Å². The minimum absolute atomic E-state index is 0.196. The maximum absolute atomic E-state index is 10.5. The molecule has 4 rings (SSSR count). The van der Waals surface area contributed by atoms with Crippen LogP contribution in [0.25, 0.3) is 5.69 Å². The molecular formula is C15H15NO2S. The van der Waals surface area contributed by atoms with Crippen molar-refractivity contribution in [3.63, 3.8) is 0 Å². The fourth-order valence-electron chi connectivity index (χ4n) is 3.77. The van der Waals surface area contributed by atoms with Gasteiger partial charge in [-0.3, -0.25) is 0 Å². The van der Waals surface area contributed by atoms with Gasteiger partial charge >= 0.3 is 0 Å². The molecule has 1 fully saturated rings. The van der Waals surface area contributed by atoms with Crippen molar-refractivity contribution in [2.75, 3.05) is 0 Å². The van der Waals surface area contributed by atoms with Gasteiger partial charge in [0.1, 0.15) is 0 Å². The number of aromatic hydroxyl groups is 2. The van der Waals surface area contributed by atoms with Gasteiger partial charge in [-0.2, -0.15) is 0 Å². The van der Waals surface area contributed by atoms with Crippen molar-refractivity contribution in [3.05, 3.63) is 35.4 Å². The lowest BCUT2D eigenvalue weighted by atomic mass is 9.95. The van der Waals surface area contributed by atoms with E-state index in [0.717, 1.165) is 41.0 Å². The Kier molecular flexibility index (Phi) is 2.22. The molecule has 3 nitrogen and oxygen atoms in total. The van der Waals surface area contributed by atoms with Crippen molar-refractivity contribution >= 4 is 12.6 Å². The van der Waals surface area contributed by atoms with Gasteiger partial charge in [-0.05, 0) is 43.2 Å². The van der Waals surface area contributed by atoms with Gasteiger partial charge in [0, 0.05) is 16.0 Å². The van der Waals surface area contributed by atoms with Crippen LogP contribution in [0.2, 0.25) is 0 Å². The lowest BCUT2D eigenvalue weighted by molar-refractivity contribution is 0.393. The van der Waals surface area contributed by atoms with E-state index in [-0.39, 0.29) is 11.8 Å². The van der Waals surface area contributed by atoms with E-state index in [2.05, 4.69) is 12.6 Å². The first-order chi connectivity index (χ1) is 9.18. The Labute approximate surface area is 116 Å². The number of thiol groups is 1. The van der Waals surface area contributed by atoms with Crippen LogP contribution >= 0.6 is 12.6 Å². The van der Waals surface area contributed by atoms with E-state index < -0.39 is 0 Å². The first kappa shape index (κ1) is 11.3. The summed E-state index contributed by atoms with van der Waals surface area (Å²) < 4.78 is 1.54. The molecule has 1 heterocycles. The van der Waals surface area contributed by atoms with Crippen LogP contribution in [-0.4, -0.2) is 14.8 Å². The molecule has 2 aromatic rings. The van der Waals surface area contributed by atoms with Gasteiger partial charge in [-0.15, -0.1) is 12.6 Å². The molecule has 2 bridgehead atoms. The lowest BCUT2D eigenvalue weighted by Crippen LogP contribution is -1.96. The predicted octanol–water partition coefficient (Wildman–Crippen LogP) is 3.54. The first-order valence-electron chi connectivity index (χ1n) is 6.63. The predicted molar refractivity (Wildman–Crippen MR) is 75.7 cm³/mol. The molecule has 19 heavy (non-hydrogen) atoms. The molecule has 0 spiro atoms. The Morgan fingerprint density at radius 3 is 2.16 bits per heavy atom. The van der Waals surface area contributed by atoms with Gasteiger partial charge in [-0.25, -0.2) is 4.57 Å². The second-order valence-electron chi connectivity index (χ2n) is 5.51. The van der Waals surface area contributed by atoms with Crippen LogP contribution in [0.4, 0.5) is 0 Å². The summed E-state index contributed by atoms with van der Waals surface area (Å²) in [4.78, 5) is 0.745. The third kappa shape index (κ3) is 1.35. The zero-order chi connectivity index (χ0) is 13.1. The number of hydrogen-bond donors (Lipinski definition) is 3. The molecule has 2 unspecified atom stereocenters. The molecule has 0 radical (unpaired) electrons. The number of aromatic nitrogens is 1. The van der Waals surface area contributed by atoms with Crippen molar-refractivity contribution in [1.82, 2.24) is 4.57 Å². The second-order valence-corrected chi connectivity index (χ2v) is 5.99. The highest BCUT2D eigenvalue weighted by Gasteiger charge is 2.44. The normalized spacial score (nSPS) is 23.8. The van der Waals surface area contributed by atoms with Gasteiger partial charge < -0.3 is 10.2 Å². The Morgan fingerprint density at radius 1 is 1.00 bits per heavy atom. The average Bonchev–Trinajstić information content (AvgIpc) is 3.06. The van der Waals surface area contributed by atoms with Crippen LogP contribution in [0.15, 0.2) is 29.2 Å². The van der Waals surface area contributed by atoms with Crippen LogP contribution < -0.4 is 0 Å². The summed E-state index contributed by atoms with van der Waals surface area (Å²) in [5.74, 6) is 1.22. The van der Waals surface area contributed by atoms with E-state index >= 15 is 0 Å². The Morgan fingerprint density at radius 2 is 1.58 bits per heavy atom. The fraction of sp³-hybridized carbons (Fsp3) is 0.333. The zero-order valence-corrected chi connectivity index (χ0v) is 11.3. The Hall–Kier alpha value is -1.55. The third-order valence-electron chi connectivity index (χ3n) is 4.57. The summed E-state index contributed by atoms with van der Waals surface area (Å²) in [5, 5.41) is 21.0. The summed E-state index contributed by atoms with van der Waals surface area (Å²) in [6.07, 6.45) is 3.32. The van der Waals surface area contributed by atoms with E-state index in [1.165, 1.54) is 4.57 Å². The minimum atomic E-state index is 0.196. The Bertz CT molecular complexity index is 644. The van der Waals surface area contributed by atoms with Crippen LogP contribution in [0.1, 0.15) is 42.2 Å². The molecule has 2 N–H and O–H groups in total. The van der Waals surface area contributed by atoms with Gasteiger partial charge in [0.2, 0.25) is 11.8 Å². The molecular weight excluding hydrogens is 258 g/mol. The number of rotatable bonds is 1. The molecule has 0 aliphatic heterocycles. The SMILES string of the molecule is Oc1c2c(c(O)n1-c1ccccc1S)C1CCC2C1. The number of nitrogens with zero attached hydrogens (tertiary/aromatic N) is 1. The molecule has 2 aliphatic carbocycles. The Balaban J connectivity index is 1.99. The number of para-hydroxylation sites is 1. The summed E-state index contributed by atoms with van der Waals surface area (Å²) >= 11 is 4.41. The van der Waals surface area contributed by atoms with E-state index in [0.29, 0.717) is 11.8 Å². The highest BCUT2D eigenvalue weighted by Crippen LogP contribution is 2.60. The van der Waals surface area contributed by atoms with Crippen molar-refractivity contribution in [2.24, 2.45) is 0 Å². The summed E-state index contributed by atoms with van der Waals surface area (Å²) in [6.45, 7) is 0. The van der Waals surface area contributed by atoms with Crippen LogP contribution in [-0.2, 0) is 0 Å². The molecule has 0 amide bonds. The highest BCUT2D eigenvalue weighted by molar-refractivity contribution is 7.80. The number of benzene rings is 1. The van der Waals surface area contributed by atoms with E-state index in [1.54, 1.807) is 0 Å². The first-order valence-corrected chi connectivity index (χ1v) is 7.08. The average molecular weight is 273 g/mol. The van der Waals surface area contributed by atoms with Crippen molar-refractivity contribution in [2.45, 2.75) is 36.0 Å². The molecule has 2 atom stereocenters. The highest BCUT2D eigenvalue weighted by atomic mass is 32.1. The van der Waals surface area contributed by atoms with E-state index in [9.17, 15) is 10.2 Å². The van der Waals surface area contributed by atoms with Crippen molar-refractivity contribution in [1.29, 1.82) is 0 Å². The van der Waals surface area contributed by atoms with Gasteiger partial charge in [0.15, 0.2) is 0 Å². The zero-order valence-electron chi connectivity index (χ0n) is 10.4. The maximum atomic E-state index is 10.5. The van der Waals surface area contributed by atoms with E-state index in [1.807, 2.05) is 24.3 Å². The van der Waals surface area contributed by atoms with Crippen LogP contribution in [0.5, 0.6) is 11.8 Å². The summed E-state index contributed by atoms with van der Waals surface area (Å²) in [7, 11) is 0. The second kappa shape index (κ2) is 3.73. The minimum Gasteiger partial charge on any atom is -0.494 e. The number of fused-ring (bicyclic) bond motifs is 5. The molecule has 1 saturated carbocycles. The maximum Gasteiger partial charge on any atom is 0.202 e. The fourth-order valence-corrected chi connectivity index (χ4v) is 4.04. The number of hydrogen-bond acceptors (Lipinski definition) is 3. The lowest BCUT2D eigenvalue weighted by Gasteiger charge is -2.11. The summed E-state index contributed by atoms with van der Waals surface area (Å²) in [6, 6.07) is 7.49. The molecule has 1 aromatic heterocycles. The molecule has 2 aliphatic rings. The van der Waals surface area contributed by atoms with Crippen LogP contribution in [0, 0.1) is 0 Å². The molecule has 1 aromatic carbocycles. The third-order valence-corrected chi connectivity index (χ3v) is 4.95. The van der Waals surface area contributed by atoms with Crippen molar-refractivity contribution in [3.8, 4) is 17.4 Å². The van der Waals surface area contributed by atoms with E-state index in [4.69, 9.17) is 0 Å².